The summed E-state index contributed by atoms with van der Waals surface area (Å²) in [6, 6.07) is 9.84. The Labute approximate surface area is 156 Å². The molecule has 140 valence electrons. The highest BCUT2D eigenvalue weighted by molar-refractivity contribution is 5.76. The van der Waals surface area contributed by atoms with Crippen molar-refractivity contribution in [3.8, 4) is 0 Å². The fraction of sp³-hybridized carbons (Fsp3) is 0.368. The molecule has 8 nitrogen and oxygen atoms in total. The van der Waals surface area contributed by atoms with Gasteiger partial charge in [0, 0.05) is 17.9 Å². The van der Waals surface area contributed by atoms with E-state index in [9.17, 15) is 9.59 Å². The first-order valence-corrected chi connectivity index (χ1v) is 9.18. The zero-order valence-corrected chi connectivity index (χ0v) is 15.2. The van der Waals surface area contributed by atoms with Gasteiger partial charge in [0.2, 0.25) is 5.91 Å². The third-order valence-corrected chi connectivity index (χ3v) is 4.79. The molecule has 0 bridgehead atoms. The number of fused-ring (bicyclic) bond motifs is 1. The van der Waals surface area contributed by atoms with E-state index in [1.165, 1.54) is 9.96 Å². The number of hydrogen-bond acceptors (Lipinski definition) is 5. The second-order valence-electron chi connectivity index (χ2n) is 6.96. The summed E-state index contributed by atoms with van der Waals surface area (Å²) in [5.41, 5.74) is 1.70. The van der Waals surface area contributed by atoms with Crippen molar-refractivity contribution in [2.45, 2.75) is 45.2 Å². The molecule has 1 saturated carbocycles. The molecule has 1 aliphatic carbocycles. The number of carbonyl (C=O) groups excluding carboxylic acids is 1. The third kappa shape index (κ3) is 3.84. The summed E-state index contributed by atoms with van der Waals surface area (Å²) in [6.45, 7) is 1.93. The van der Waals surface area contributed by atoms with Gasteiger partial charge < -0.3 is 10.6 Å². The van der Waals surface area contributed by atoms with Crippen LogP contribution in [0.5, 0.6) is 0 Å². The molecule has 1 aliphatic rings. The van der Waals surface area contributed by atoms with Gasteiger partial charge in [-0.05, 0) is 38.0 Å². The van der Waals surface area contributed by atoms with Gasteiger partial charge in [-0.3, -0.25) is 4.79 Å². The zero-order chi connectivity index (χ0) is 18.8. The van der Waals surface area contributed by atoms with Gasteiger partial charge in [-0.1, -0.05) is 30.5 Å². The van der Waals surface area contributed by atoms with Crippen molar-refractivity contribution in [3.05, 3.63) is 52.6 Å². The molecule has 0 atom stereocenters. The van der Waals surface area contributed by atoms with Crippen molar-refractivity contribution in [2.75, 3.05) is 5.32 Å². The van der Waals surface area contributed by atoms with Crippen LogP contribution in [0.2, 0.25) is 0 Å². The Bertz CT molecular complexity index is 1010. The SMILES string of the molecule is Cc1ccc(Nc2ccn3c(=O)n(CC(=O)NC4CCCC4)nc3n2)cc1. The average Bonchev–Trinajstić information content (AvgIpc) is 3.25. The zero-order valence-electron chi connectivity index (χ0n) is 15.2. The van der Waals surface area contributed by atoms with Gasteiger partial charge in [-0.15, -0.1) is 5.10 Å². The van der Waals surface area contributed by atoms with Crippen LogP contribution in [0, 0.1) is 6.92 Å². The average molecular weight is 366 g/mol. The number of anilines is 2. The van der Waals surface area contributed by atoms with E-state index in [1.807, 2.05) is 31.2 Å². The molecule has 0 unspecified atom stereocenters. The Kier molecular flexibility index (Phi) is 4.62. The maximum absolute atomic E-state index is 12.4. The molecule has 2 N–H and O–H groups in total. The van der Waals surface area contributed by atoms with E-state index >= 15 is 0 Å². The first-order valence-electron chi connectivity index (χ1n) is 9.18. The van der Waals surface area contributed by atoms with Crippen LogP contribution in [0.1, 0.15) is 31.2 Å². The summed E-state index contributed by atoms with van der Waals surface area (Å²) in [5, 5.41) is 10.4. The number of rotatable bonds is 5. The van der Waals surface area contributed by atoms with E-state index in [4.69, 9.17) is 0 Å². The molecule has 1 aromatic carbocycles. The van der Waals surface area contributed by atoms with Crippen molar-refractivity contribution in [3.63, 3.8) is 0 Å². The Morgan fingerprint density at radius 1 is 1.19 bits per heavy atom. The van der Waals surface area contributed by atoms with Crippen LogP contribution in [0.3, 0.4) is 0 Å². The molecule has 3 aromatic rings. The van der Waals surface area contributed by atoms with Crippen LogP contribution in [-0.2, 0) is 11.3 Å². The fourth-order valence-electron chi connectivity index (χ4n) is 3.34. The van der Waals surface area contributed by atoms with Crippen LogP contribution in [-0.4, -0.2) is 31.1 Å². The van der Waals surface area contributed by atoms with Crippen LogP contribution >= 0.6 is 0 Å². The number of carbonyl (C=O) groups is 1. The van der Waals surface area contributed by atoms with E-state index in [0.717, 1.165) is 36.1 Å². The Morgan fingerprint density at radius 2 is 1.93 bits per heavy atom. The monoisotopic (exact) mass is 366 g/mol. The minimum atomic E-state index is -0.374. The molecule has 0 radical (unpaired) electrons. The van der Waals surface area contributed by atoms with E-state index in [1.54, 1.807) is 12.3 Å². The number of hydrogen-bond donors (Lipinski definition) is 2. The molecule has 2 aromatic heterocycles. The molecule has 0 saturated heterocycles. The normalized spacial score (nSPS) is 14.6. The number of aromatic nitrogens is 4. The first kappa shape index (κ1) is 17.3. The summed E-state index contributed by atoms with van der Waals surface area (Å²) in [6.07, 6.45) is 5.89. The van der Waals surface area contributed by atoms with Gasteiger partial charge in [0.15, 0.2) is 0 Å². The van der Waals surface area contributed by atoms with Gasteiger partial charge in [-0.25, -0.2) is 13.9 Å². The lowest BCUT2D eigenvalue weighted by Gasteiger charge is -2.10. The summed E-state index contributed by atoms with van der Waals surface area (Å²) in [7, 11) is 0. The highest BCUT2D eigenvalue weighted by atomic mass is 16.2. The van der Waals surface area contributed by atoms with Crippen molar-refractivity contribution in [1.82, 2.24) is 24.5 Å². The Morgan fingerprint density at radius 3 is 2.67 bits per heavy atom. The number of nitrogens with zero attached hydrogens (tertiary/aromatic N) is 4. The molecular weight excluding hydrogens is 344 g/mol. The van der Waals surface area contributed by atoms with Crippen LogP contribution in [0.25, 0.3) is 5.78 Å². The topological polar surface area (TPSA) is 93.3 Å². The second kappa shape index (κ2) is 7.22. The number of benzene rings is 1. The van der Waals surface area contributed by atoms with Crippen molar-refractivity contribution < 1.29 is 4.79 Å². The number of aryl methyl sites for hydroxylation is 1. The molecule has 1 fully saturated rings. The van der Waals surface area contributed by atoms with Gasteiger partial charge in [0.05, 0.1) is 0 Å². The largest absolute Gasteiger partial charge is 0.352 e. The summed E-state index contributed by atoms with van der Waals surface area (Å²) in [5.74, 6) is 0.648. The van der Waals surface area contributed by atoms with Gasteiger partial charge in [0.1, 0.15) is 12.4 Å². The quantitative estimate of drug-likeness (QED) is 0.720. The van der Waals surface area contributed by atoms with Crippen LogP contribution in [0.15, 0.2) is 41.3 Å². The summed E-state index contributed by atoms with van der Waals surface area (Å²) in [4.78, 5) is 29.0. The van der Waals surface area contributed by atoms with Crippen LogP contribution in [0.4, 0.5) is 11.5 Å². The molecule has 0 aliphatic heterocycles. The van der Waals surface area contributed by atoms with Crippen molar-refractivity contribution in [1.29, 1.82) is 0 Å². The lowest BCUT2D eigenvalue weighted by Crippen LogP contribution is -2.37. The number of amides is 1. The molecule has 8 heteroatoms. The Balaban J connectivity index is 1.51. The number of nitrogens with one attached hydrogen (secondary N) is 2. The summed E-state index contributed by atoms with van der Waals surface area (Å²) < 4.78 is 2.49. The van der Waals surface area contributed by atoms with Gasteiger partial charge in [0.25, 0.3) is 5.78 Å². The minimum Gasteiger partial charge on any atom is -0.352 e. The maximum atomic E-state index is 12.4. The predicted molar refractivity (Wildman–Crippen MR) is 102 cm³/mol. The molecular formula is C19H22N6O2. The second-order valence-corrected chi connectivity index (χ2v) is 6.96. The van der Waals surface area contributed by atoms with E-state index < -0.39 is 0 Å². The van der Waals surface area contributed by atoms with Gasteiger partial charge in [-0.2, -0.15) is 4.98 Å². The van der Waals surface area contributed by atoms with E-state index in [-0.39, 0.29) is 30.0 Å². The molecule has 1 amide bonds. The van der Waals surface area contributed by atoms with E-state index in [0.29, 0.717) is 5.82 Å². The first-order chi connectivity index (χ1) is 13.1. The third-order valence-electron chi connectivity index (χ3n) is 4.79. The lowest BCUT2D eigenvalue weighted by molar-refractivity contribution is -0.122. The minimum absolute atomic E-state index is 0.0978. The van der Waals surface area contributed by atoms with Crippen molar-refractivity contribution >= 4 is 23.2 Å². The molecule has 0 spiro atoms. The Hall–Kier alpha value is -3.16. The highest BCUT2D eigenvalue weighted by Gasteiger charge is 2.18. The molecule has 2 heterocycles. The van der Waals surface area contributed by atoms with Gasteiger partial charge >= 0.3 is 5.69 Å². The summed E-state index contributed by atoms with van der Waals surface area (Å²) >= 11 is 0. The van der Waals surface area contributed by atoms with Crippen molar-refractivity contribution in [2.24, 2.45) is 0 Å². The molecule has 27 heavy (non-hydrogen) atoms. The predicted octanol–water partition coefficient (Wildman–Crippen LogP) is 2.00. The maximum Gasteiger partial charge on any atom is 0.352 e. The highest BCUT2D eigenvalue weighted by Crippen LogP contribution is 2.17. The molecule has 4 rings (SSSR count). The fourth-order valence-corrected chi connectivity index (χ4v) is 3.34. The van der Waals surface area contributed by atoms with E-state index in [2.05, 4.69) is 20.7 Å². The van der Waals surface area contributed by atoms with Crippen LogP contribution < -0.4 is 16.3 Å². The smallest absolute Gasteiger partial charge is 0.352 e. The lowest BCUT2D eigenvalue weighted by atomic mass is 10.2. The standard InChI is InChI=1S/C19H22N6O2/c1-13-6-8-15(9-7-13)20-16-10-11-24-18(22-16)23-25(19(24)27)12-17(26)21-14-4-2-3-5-14/h6-11,14H,2-5,12H2,1H3,(H,21,26)(H,20,22,23).